The van der Waals surface area contributed by atoms with Gasteiger partial charge in [-0.1, -0.05) is 0 Å². The third kappa shape index (κ3) is 2.20. The quantitative estimate of drug-likeness (QED) is 0.756. The van der Waals surface area contributed by atoms with Crippen molar-refractivity contribution < 1.29 is 0 Å². The van der Waals surface area contributed by atoms with Gasteiger partial charge in [-0.05, 0) is 12.1 Å². The normalized spacial score (nSPS) is 9.80. The van der Waals surface area contributed by atoms with Crippen LogP contribution in [0.1, 0.15) is 6.42 Å². The van der Waals surface area contributed by atoms with E-state index in [0.29, 0.717) is 13.0 Å². The topological polar surface area (TPSA) is 54.5 Å². The van der Waals surface area contributed by atoms with Crippen LogP contribution in [0.5, 0.6) is 0 Å². The summed E-state index contributed by atoms with van der Waals surface area (Å²) in [6, 6.07) is 5.95. The predicted octanol–water partition coefficient (Wildman–Crippen LogP) is 1.86. The molecule has 0 aliphatic rings. The van der Waals surface area contributed by atoms with E-state index in [1.165, 1.54) is 0 Å². The molecule has 0 saturated heterocycles. The van der Waals surface area contributed by atoms with E-state index in [0.717, 1.165) is 11.3 Å². The van der Waals surface area contributed by atoms with E-state index in [9.17, 15) is 0 Å². The largest absolute Gasteiger partial charge is 0.336 e. The monoisotopic (exact) mass is 198 g/mol. The molecule has 0 spiro atoms. The van der Waals surface area contributed by atoms with Gasteiger partial charge >= 0.3 is 0 Å². The molecule has 2 heterocycles. The van der Waals surface area contributed by atoms with Gasteiger partial charge in [-0.3, -0.25) is 4.98 Å². The van der Waals surface area contributed by atoms with Crippen LogP contribution in [-0.4, -0.2) is 14.5 Å². The molecule has 0 N–H and O–H groups in total. The van der Waals surface area contributed by atoms with E-state index in [4.69, 9.17) is 5.26 Å². The van der Waals surface area contributed by atoms with Gasteiger partial charge in [0.15, 0.2) is 0 Å². The fourth-order valence-corrected chi connectivity index (χ4v) is 1.32. The predicted molar refractivity (Wildman–Crippen MR) is 55.7 cm³/mol. The van der Waals surface area contributed by atoms with E-state index in [-0.39, 0.29) is 0 Å². The summed E-state index contributed by atoms with van der Waals surface area (Å²) >= 11 is 0. The highest BCUT2D eigenvalue weighted by Gasteiger charge is 2.00. The molecule has 15 heavy (non-hydrogen) atoms. The molecule has 0 aliphatic heterocycles. The van der Waals surface area contributed by atoms with Crippen LogP contribution in [0.2, 0.25) is 0 Å². The number of aromatic nitrogens is 3. The Balaban J connectivity index is 2.18. The molecule has 2 aromatic heterocycles. The van der Waals surface area contributed by atoms with Crippen molar-refractivity contribution in [2.75, 3.05) is 0 Å². The lowest BCUT2D eigenvalue weighted by Gasteiger charge is -1.95. The van der Waals surface area contributed by atoms with Crippen LogP contribution in [0.25, 0.3) is 11.3 Å². The van der Waals surface area contributed by atoms with Gasteiger partial charge in [-0.25, -0.2) is 4.98 Å². The molecule has 0 fully saturated rings. The Morgan fingerprint density at radius 3 is 3.13 bits per heavy atom. The van der Waals surface area contributed by atoms with Crippen molar-refractivity contribution in [3.63, 3.8) is 0 Å². The van der Waals surface area contributed by atoms with Crippen LogP contribution in [-0.2, 0) is 6.54 Å². The number of hydrogen-bond donors (Lipinski definition) is 0. The fourth-order valence-electron chi connectivity index (χ4n) is 1.32. The molecule has 2 aromatic rings. The second kappa shape index (κ2) is 4.38. The zero-order valence-corrected chi connectivity index (χ0v) is 8.17. The maximum Gasteiger partial charge on any atom is 0.0954 e. The van der Waals surface area contributed by atoms with Crippen LogP contribution in [0.15, 0.2) is 37.1 Å². The molecular weight excluding hydrogens is 188 g/mol. The number of hydrogen-bond acceptors (Lipinski definition) is 3. The molecule has 0 unspecified atom stereocenters. The van der Waals surface area contributed by atoms with Crippen LogP contribution >= 0.6 is 0 Å². The lowest BCUT2D eigenvalue weighted by atomic mass is 10.2. The van der Waals surface area contributed by atoms with Crippen molar-refractivity contribution in [2.24, 2.45) is 0 Å². The van der Waals surface area contributed by atoms with Gasteiger partial charge < -0.3 is 4.57 Å². The number of nitrogens with zero attached hydrogens (tertiary/aromatic N) is 4. The molecule has 4 nitrogen and oxygen atoms in total. The van der Waals surface area contributed by atoms with Gasteiger partial charge in [0.1, 0.15) is 0 Å². The highest BCUT2D eigenvalue weighted by Crippen LogP contribution is 2.14. The minimum absolute atomic E-state index is 0.503. The molecular formula is C11H10N4. The summed E-state index contributed by atoms with van der Waals surface area (Å²) in [6.07, 6.45) is 7.67. The Labute approximate surface area is 87.8 Å². The average Bonchev–Trinajstić information content (AvgIpc) is 2.76. The van der Waals surface area contributed by atoms with Crippen LogP contribution in [0.4, 0.5) is 0 Å². The van der Waals surface area contributed by atoms with E-state index in [1.54, 1.807) is 18.7 Å². The van der Waals surface area contributed by atoms with E-state index >= 15 is 0 Å². The molecule has 0 atom stereocenters. The Bertz CT molecular complexity index is 467. The molecule has 0 saturated carbocycles. The van der Waals surface area contributed by atoms with Crippen LogP contribution in [0, 0.1) is 11.3 Å². The van der Waals surface area contributed by atoms with E-state index in [2.05, 4.69) is 16.0 Å². The third-order valence-electron chi connectivity index (χ3n) is 2.07. The first-order valence-corrected chi connectivity index (χ1v) is 4.69. The summed E-state index contributed by atoms with van der Waals surface area (Å²) in [5.74, 6) is 0. The first kappa shape index (κ1) is 9.41. The molecule has 0 bridgehead atoms. The minimum Gasteiger partial charge on any atom is -0.336 e. The number of pyridine rings is 1. The number of nitriles is 1. The molecule has 2 rings (SSSR count). The lowest BCUT2D eigenvalue weighted by molar-refractivity contribution is 0.715. The average molecular weight is 198 g/mol. The van der Waals surface area contributed by atoms with E-state index in [1.807, 2.05) is 22.9 Å². The smallest absolute Gasteiger partial charge is 0.0954 e. The molecule has 0 radical (unpaired) electrons. The molecule has 74 valence electrons. The first-order chi connectivity index (χ1) is 7.40. The number of rotatable bonds is 3. The molecule has 0 aliphatic carbocycles. The Morgan fingerprint density at radius 1 is 1.47 bits per heavy atom. The second-order valence-electron chi connectivity index (χ2n) is 3.15. The van der Waals surface area contributed by atoms with Crippen molar-refractivity contribution >= 4 is 0 Å². The summed E-state index contributed by atoms with van der Waals surface area (Å²) < 4.78 is 1.91. The summed E-state index contributed by atoms with van der Waals surface area (Å²) in [4.78, 5) is 8.28. The Kier molecular flexibility index (Phi) is 2.75. The Hall–Kier alpha value is -2.15. The van der Waals surface area contributed by atoms with Gasteiger partial charge in [0.25, 0.3) is 0 Å². The molecule has 4 heteroatoms. The van der Waals surface area contributed by atoms with Crippen LogP contribution in [0.3, 0.4) is 0 Å². The standard InChI is InChI=1S/C11H10N4/c12-4-2-6-15-8-11(14-9-15)10-3-1-5-13-7-10/h1,3,5,7-9H,2,6H2. The van der Waals surface area contributed by atoms with Crippen molar-refractivity contribution in [1.29, 1.82) is 5.26 Å². The van der Waals surface area contributed by atoms with Crippen molar-refractivity contribution in [3.05, 3.63) is 37.1 Å². The zero-order valence-electron chi connectivity index (χ0n) is 8.17. The minimum atomic E-state index is 0.503. The van der Waals surface area contributed by atoms with Gasteiger partial charge in [0, 0.05) is 30.7 Å². The fraction of sp³-hybridized carbons (Fsp3) is 0.182. The SMILES string of the molecule is N#CCCn1cnc(-c2cccnc2)c1. The van der Waals surface area contributed by atoms with Crippen molar-refractivity contribution in [2.45, 2.75) is 13.0 Å². The van der Waals surface area contributed by atoms with Gasteiger partial charge in [-0.2, -0.15) is 5.26 Å². The molecule has 0 amide bonds. The zero-order chi connectivity index (χ0) is 10.5. The summed E-state index contributed by atoms with van der Waals surface area (Å²) in [5.41, 5.74) is 1.88. The van der Waals surface area contributed by atoms with Crippen molar-refractivity contribution in [3.8, 4) is 17.3 Å². The van der Waals surface area contributed by atoms with Gasteiger partial charge in [0.05, 0.1) is 24.5 Å². The van der Waals surface area contributed by atoms with Crippen molar-refractivity contribution in [1.82, 2.24) is 14.5 Å². The summed E-state index contributed by atoms with van der Waals surface area (Å²) in [6.45, 7) is 0.684. The van der Waals surface area contributed by atoms with Gasteiger partial charge in [-0.15, -0.1) is 0 Å². The number of aryl methyl sites for hydroxylation is 1. The molecule has 0 aromatic carbocycles. The summed E-state index contributed by atoms with van der Waals surface area (Å²) in [7, 11) is 0. The van der Waals surface area contributed by atoms with Crippen LogP contribution < -0.4 is 0 Å². The first-order valence-electron chi connectivity index (χ1n) is 4.69. The second-order valence-corrected chi connectivity index (χ2v) is 3.15. The Morgan fingerprint density at radius 2 is 2.40 bits per heavy atom. The third-order valence-corrected chi connectivity index (χ3v) is 2.07. The lowest BCUT2D eigenvalue weighted by Crippen LogP contribution is -1.91. The summed E-state index contributed by atoms with van der Waals surface area (Å²) in [5, 5.41) is 8.46. The maximum atomic E-state index is 8.46. The number of imidazole rings is 1. The highest BCUT2D eigenvalue weighted by atomic mass is 15.0. The van der Waals surface area contributed by atoms with E-state index < -0.39 is 0 Å². The van der Waals surface area contributed by atoms with Gasteiger partial charge in [0.2, 0.25) is 0 Å². The maximum absolute atomic E-state index is 8.46. The highest BCUT2D eigenvalue weighted by molar-refractivity contribution is 5.56.